The molecule has 2 N–H and O–H groups in total. The highest BCUT2D eigenvalue weighted by Crippen LogP contribution is 2.09. The highest BCUT2D eigenvalue weighted by Gasteiger charge is 2.10. The molecule has 0 radical (unpaired) electrons. The lowest BCUT2D eigenvalue weighted by atomic mass is 10.0. The molecule has 5 nitrogen and oxygen atoms in total. The molecule has 21 heavy (non-hydrogen) atoms. The van der Waals surface area contributed by atoms with Gasteiger partial charge in [-0.15, -0.1) is 0 Å². The summed E-state index contributed by atoms with van der Waals surface area (Å²) in [7, 11) is 0. The number of benzene rings is 1. The van der Waals surface area contributed by atoms with Gasteiger partial charge in [-0.1, -0.05) is 13.8 Å². The minimum atomic E-state index is -0.381. The summed E-state index contributed by atoms with van der Waals surface area (Å²) in [6, 6.07) is 7.31. The monoisotopic (exact) mass is 287 g/mol. The smallest absolute Gasteiger partial charge is 0.251 e. The van der Waals surface area contributed by atoms with Crippen LogP contribution in [0.25, 0.3) is 5.69 Å². The predicted molar refractivity (Wildman–Crippen MR) is 81.4 cm³/mol. The normalized spacial score (nSPS) is 12.4. The van der Waals surface area contributed by atoms with E-state index in [1.54, 1.807) is 24.7 Å². The van der Waals surface area contributed by atoms with Crippen LogP contribution >= 0.6 is 0 Å². The van der Waals surface area contributed by atoms with E-state index in [0.29, 0.717) is 18.5 Å². The van der Waals surface area contributed by atoms with Gasteiger partial charge < -0.3 is 15.0 Å². The average Bonchev–Trinajstić information content (AvgIpc) is 3.01. The molecule has 0 fully saturated rings. The number of nitrogens with zero attached hydrogens (tertiary/aromatic N) is 2. The van der Waals surface area contributed by atoms with Crippen molar-refractivity contribution in [1.82, 2.24) is 14.9 Å². The number of aromatic nitrogens is 2. The Hall–Kier alpha value is -2.14. The van der Waals surface area contributed by atoms with Crippen molar-refractivity contribution >= 4 is 5.91 Å². The first-order chi connectivity index (χ1) is 10.1. The van der Waals surface area contributed by atoms with E-state index in [1.807, 2.05) is 36.7 Å². The summed E-state index contributed by atoms with van der Waals surface area (Å²) in [5.74, 6) is 0.0829. The van der Waals surface area contributed by atoms with Crippen LogP contribution in [0.15, 0.2) is 43.0 Å². The second kappa shape index (κ2) is 7.04. The Morgan fingerprint density at radius 3 is 2.62 bits per heavy atom. The Labute approximate surface area is 124 Å². The maximum Gasteiger partial charge on any atom is 0.251 e. The zero-order valence-corrected chi connectivity index (χ0v) is 12.4. The maximum absolute atomic E-state index is 12.0. The second-order valence-corrected chi connectivity index (χ2v) is 5.37. The van der Waals surface area contributed by atoms with E-state index >= 15 is 0 Å². The van der Waals surface area contributed by atoms with Crippen LogP contribution in [-0.2, 0) is 0 Å². The fraction of sp³-hybridized carbons (Fsp3) is 0.375. The van der Waals surface area contributed by atoms with Gasteiger partial charge in [-0.3, -0.25) is 4.79 Å². The number of hydrogen-bond donors (Lipinski definition) is 2. The van der Waals surface area contributed by atoms with Crippen molar-refractivity contribution < 1.29 is 9.90 Å². The minimum absolute atomic E-state index is 0.122. The molecule has 1 amide bonds. The molecule has 0 bridgehead atoms. The van der Waals surface area contributed by atoms with E-state index in [9.17, 15) is 9.90 Å². The van der Waals surface area contributed by atoms with Crippen LogP contribution in [0.5, 0.6) is 0 Å². The third-order valence-corrected chi connectivity index (χ3v) is 3.43. The molecule has 2 rings (SSSR count). The third kappa shape index (κ3) is 4.16. The average molecular weight is 287 g/mol. The Bertz CT molecular complexity index is 562. The minimum Gasteiger partial charge on any atom is -0.393 e. The molecule has 0 aliphatic heterocycles. The quantitative estimate of drug-likeness (QED) is 0.854. The lowest BCUT2D eigenvalue weighted by molar-refractivity contribution is 0.0920. The number of carbonyl (C=O) groups is 1. The molecule has 5 heteroatoms. The lowest BCUT2D eigenvalue weighted by Gasteiger charge is -2.14. The van der Waals surface area contributed by atoms with Crippen molar-refractivity contribution in [2.75, 3.05) is 6.54 Å². The van der Waals surface area contributed by atoms with Crippen molar-refractivity contribution in [3.05, 3.63) is 48.5 Å². The largest absolute Gasteiger partial charge is 0.393 e. The first-order valence-corrected chi connectivity index (χ1v) is 7.12. The Balaban J connectivity index is 1.88. The number of hydrogen-bond acceptors (Lipinski definition) is 3. The van der Waals surface area contributed by atoms with Crippen LogP contribution in [-0.4, -0.2) is 33.2 Å². The van der Waals surface area contributed by atoms with E-state index in [2.05, 4.69) is 10.3 Å². The van der Waals surface area contributed by atoms with Crippen molar-refractivity contribution in [2.45, 2.75) is 26.4 Å². The van der Waals surface area contributed by atoms with Gasteiger partial charge in [0, 0.05) is 30.2 Å². The van der Waals surface area contributed by atoms with Crippen LogP contribution < -0.4 is 5.32 Å². The van der Waals surface area contributed by atoms with E-state index in [-0.39, 0.29) is 17.9 Å². The Morgan fingerprint density at radius 1 is 1.33 bits per heavy atom. The summed E-state index contributed by atoms with van der Waals surface area (Å²) < 4.78 is 1.88. The fourth-order valence-electron chi connectivity index (χ4n) is 1.97. The van der Waals surface area contributed by atoms with Crippen molar-refractivity contribution in [3.63, 3.8) is 0 Å². The van der Waals surface area contributed by atoms with Crippen LogP contribution in [0.4, 0.5) is 0 Å². The summed E-state index contributed by atoms with van der Waals surface area (Å²) >= 11 is 0. The molecule has 112 valence electrons. The van der Waals surface area contributed by atoms with Crippen molar-refractivity contribution in [3.8, 4) is 5.69 Å². The molecule has 1 atom stereocenters. The van der Waals surface area contributed by atoms with Gasteiger partial charge >= 0.3 is 0 Å². The number of imidazole rings is 1. The van der Waals surface area contributed by atoms with Crippen LogP contribution in [0.1, 0.15) is 30.6 Å². The molecule has 1 heterocycles. The molecule has 1 unspecified atom stereocenters. The van der Waals surface area contributed by atoms with E-state index in [0.717, 1.165) is 5.69 Å². The molecule has 1 aromatic carbocycles. The van der Waals surface area contributed by atoms with Crippen molar-refractivity contribution in [2.24, 2.45) is 5.92 Å². The van der Waals surface area contributed by atoms with Gasteiger partial charge in [0.25, 0.3) is 5.91 Å². The summed E-state index contributed by atoms with van der Waals surface area (Å²) in [4.78, 5) is 16.0. The number of rotatable bonds is 6. The first-order valence-electron chi connectivity index (χ1n) is 7.12. The predicted octanol–water partition coefficient (Wildman–Crippen LogP) is 2.01. The highest BCUT2D eigenvalue weighted by molar-refractivity contribution is 5.94. The topological polar surface area (TPSA) is 67.2 Å². The molecule has 0 saturated carbocycles. The number of aliphatic hydroxyl groups excluding tert-OH is 1. The van der Waals surface area contributed by atoms with E-state index in [4.69, 9.17) is 0 Å². The standard InChI is InChI=1S/C16H21N3O2/c1-12(2)15(20)7-8-18-16(21)13-3-5-14(6-4-13)19-10-9-17-11-19/h3-6,9-12,15,20H,7-8H2,1-2H3,(H,18,21). The van der Waals surface area contributed by atoms with Gasteiger partial charge in [0.2, 0.25) is 0 Å². The second-order valence-electron chi connectivity index (χ2n) is 5.37. The molecule has 0 spiro atoms. The van der Waals surface area contributed by atoms with Crippen LogP contribution in [0.2, 0.25) is 0 Å². The highest BCUT2D eigenvalue weighted by atomic mass is 16.3. The van der Waals surface area contributed by atoms with Gasteiger partial charge in [-0.05, 0) is 36.6 Å². The SMILES string of the molecule is CC(C)C(O)CCNC(=O)c1ccc(-n2ccnc2)cc1. The Kier molecular flexibility index (Phi) is 5.11. The fourth-order valence-corrected chi connectivity index (χ4v) is 1.97. The van der Waals surface area contributed by atoms with E-state index < -0.39 is 0 Å². The zero-order chi connectivity index (χ0) is 15.2. The first kappa shape index (κ1) is 15.3. The van der Waals surface area contributed by atoms with Crippen LogP contribution in [0, 0.1) is 5.92 Å². The molecule has 0 aliphatic rings. The molecule has 0 aliphatic carbocycles. The van der Waals surface area contributed by atoms with Crippen molar-refractivity contribution in [1.29, 1.82) is 0 Å². The molecule has 0 saturated heterocycles. The van der Waals surface area contributed by atoms with Gasteiger partial charge in [0.1, 0.15) is 0 Å². The molecule has 2 aromatic rings. The van der Waals surface area contributed by atoms with Gasteiger partial charge in [0.15, 0.2) is 0 Å². The maximum atomic E-state index is 12.0. The number of carbonyl (C=O) groups excluding carboxylic acids is 1. The molecular weight excluding hydrogens is 266 g/mol. The summed E-state index contributed by atoms with van der Waals surface area (Å²) in [6.07, 6.45) is 5.45. The summed E-state index contributed by atoms with van der Waals surface area (Å²) in [6.45, 7) is 4.39. The third-order valence-electron chi connectivity index (χ3n) is 3.43. The molecular formula is C16H21N3O2. The number of amides is 1. The summed E-state index contributed by atoms with van der Waals surface area (Å²) in [5, 5.41) is 12.5. The Morgan fingerprint density at radius 2 is 2.05 bits per heavy atom. The van der Waals surface area contributed by atoms with Gasteiger partial charge in [0.05, 0.1) is 12.4 Å². The van der Waals surface area contributed by atoms with Gasteiger partial charge in [-0.2, -0.15) is 0 Å². The number of nitrogens with one attached hydrogen (secondary N) is 1. The van der Waals surface area contributed by atoms with E-state index in [1.165, 1.54) is 0 Å². The molecule has 1 aromatic heterocycles. The zero-order valence-electron chi connectivity index (χ0n) is 12.4. The lowest BCUT2D eigenvalue weighted by Crippen LogP contribution is -2.28. The van der Waals surface area contributed by atoms with Gasteiger partial charge in [-0.25, -0.2) is 4.98 Å². The number of aliphatic hydroxyl groups is 1. The summed E-state index contributed by atoms with van der Waals surface area (Å²) in [5.41, 5.74) is 1.57. The van der Waals surface area contributed by atoms with Crippen LogP contribution in [0.3, 0.4) is 0 Å².